The molecule has 2 rings (SSSR count). The van der Waals surface area contributed by atoms with Gasteiger partial charge in [0.25, 0.3) is 0 Å². The van der Waals surface area contributed by atoms with Gasteiger partial charge in [-0.05, 0) is 18.6 Å². The zero-order chi connectivity index (χ0) is 9.42. The fourth-order valence-electron chi connectivity index (χ4n) is 1.33. The first-order chi connectivity index (χ1) is 6.24. The van der Waals surface area contributed by atoms with E-state index in [9.17, 15) is 4.79 Å². The number of H-pyrrole nitrogens is 1. The molecule has 0 aliphatic heterocycles. The van der Waals surface area contributed by atoms with E-state index in [1.54, 1.807) is 0 Å². The minimum atomic E-state index is 0.519. The molecule has 0 spiro atoms. The number of aromatic amines is 1. The van der Waals surface area contributed by atoms with E-state index in [1.807, 2.05) is 19.1 Å². The van der Waals surface area contributed by atoms with Crippen LogP contribution in [0.25, 0.3) is 10.9 Å². The van der Waals surface area contributed by atoms with Gasteiger partial charge in [-0.1, -0.05) is 22.0 Å². The van der Waals surface area contributed by atoms with E-state index < -0.39 is 0 Å². The van der Waals surface area contributed by atoms with Gasteiger partial charge in [0.15, 0.2) is 6.29 Å². The lowest BCUT2D eigenvalue weighted by molar-refractivity contribution is 0.112. The van der Waals surface area contributed by atoms with Gasteiger partial charge in [-0.25, -0.2) is 0 Å². The standard InChI is InChI=1S/C9H7BrN2O/c1-5-2-3-6(10)8-7(4-13)11-12-9(5)8/h2-4H,1H3,(H,11,12). The molecule has 0 unspecified atom stereocenters. The van der Waals surface area contributed by atoms with Gasteiger partial charge in [-0.2, -0.15) is 5.10 Å². The summed E-state index contributed by atoms with van der Waals surface area (Å²) in [7, 11) is 0. The number of hydrogen-bond acceptors (Lipinski definition) is 2. The summed E-state index contributed by atoms with van der Waals surface area (Å²) in [5.74, 6) is 0. The minimum Gasteiger partial charge on any atom is -0.296 e. The number of aryl methyl sites for hydroxylation is 1. The summed E-state index contributed by atoms with van der Waals surface area (Å²) in [6.45, 7) is 1.96. The van der Waals surface area contributed by atoms with Crippen molar-refractivity contribution in [3.05, 3.63) is 27.9 Å². The van der Waals surface area contributed by atoms with Crippen LogP contribution in [0.15, 0.2) is 16.6 Å². The SMILES string of the molecule is Cc1ccc(Br)c2c(C=O)[nH]nc12. The molecule has 0 fully saturated rings. The lowest BCUT2D eigenvalue weighted by Crippen LogP contribution is -1.80. The Balaban J connectivity index is 2.95. The molecule has 1 aromatic heterocycles. The van der Waals surface area contributed by atoms with Crippen LogP contribution in [0.4, 0.5) is 0 Å². The average molecular weight is 239 g/mol. The summed E-state index contributed by atoms with van der Waals surface area (Å²) in [4.78, 5) is 10.7. The smallest absolute Gasteiger partial charge is 0.168 e. The van der Waals surface area contributed by atoms with Crippen molar-refractivity contribution in [1.82, 2.24) is 10.2 Å². The summed E-state index contributed by atoms with van der Waals surface area (Å²) in [5.41, 5.74) is 2.42. The first-order valence-electron chi connectivity index (χ1n) is 3.82. The Labute approximate surface area is 83.3 Å². The average Bonchev–Trinajstić information content (AvgIpc) is 2.56. The van der Waals surface area contributed by atoms with Crippen LogP contribution < -0.4 is 0 Å². The van der Waals surface area contributed by atoms with Gasteiger partial charge in [-0.3, -0.25) is 9.89 Å². The van der Waals surface area contributed by atoms with Crippen LogP contribution in [-0.4, -0.2) is 16.5 Å². The molecule has 1 N–H and O–H groups in total. The minimum absolute atomic E-state index is 0.519. The van der Waals surface area contributed by atoms with Crippen molar-refractivity contribution >= 4 is 33.1 Å². The number of nitrogens with zero attached hydrogens (tertiary/aromatic N) is 1. The molecule has 0 radical (unpaired) electrons. The quantitative estimate of drug-likeness (QED) is 0.777. The third-order valence-corrected chi connectivity index (χ3v) is 2.66. The van der Waals surface area contributed by atoms with Gasteiger partial charge in [0.2, 0.25) is 0 Å². The van der Waals surface area contributed by atoms with Crippen molar-refractivity contribution in [3.63, 3.8) is 0 Å². The van der Waals surface area contributed by atoms with E-state index in [4.69, 9.17) is 0 Å². The van der Waals surface area contributed by atoms with Crippen LogP contribution in [0, 0.1) is 6.92 Å². The molecule has 1 aromatic carbocycles. The molecule has 0 aliphatic carbocycles. The highest BCUT2D eigenvalue weighted by atomic mass is 79.9. The number of carbonyl (C=O) groups is 1. The van der Waals surface area contributed by atoms with Gasteiger partial charge in [0, 0.05) is 9.86 Å². The number of rotatable bonds is 1. The van der Waals surface area contributed by atoms with Gasteiger partial charge in [-0.15, -0.1) is 0 Å². The highest BCUT2D eigenvalue weighted by molar-refractivity contribution is 9.10. The van der Waals surface area contributed by atoms with Crippen LogP contribution in [0.2, 0.25) is 0 Å². The van der Waals surface area contributed by atoms with Gasteiger partial charge < -0.3 is 0 Å². The molecule has 0 aliphatic rings. The van der Waals surface area contributed by atoms with Gasteiger partial charge in [0.05, 0.1) is 5.52 Å². The Morgan fingerprint density at radius 2 is 2.31 bits per heavy atom. The highest BCUT2D eigenvalue weighted by Gasteiger charge is 2.09. The first-order valence-corrected chi connectivity index (χ1v) is 4.61. The summed E-state index contributed by atoms with van der Waals surface area (Å²) in [6.07, 6.45) is 0.777. The third kappa shape index (κ3) is 1.18. The van der Waals surface area contributed by atoms with Crippen molar-refractivity contribution in [2.75, 3.05) is 0 Å². The van der Waals surface area contributed by atoms with Crippen molar-refractivity contribution in [2.45, 2.75) is 6.92 Å². The number of carbonyl (C=O) groups excluding carboxylic acids is 1. The van der Waals surface area contributed by atoms with E-state index in [2.05, 4.69) is 26.1 Å². The zero-order valence-electron chi connectivity index (χ0n) is 6.97. The van der Waals surface area contributed by atoms with Crippen molar-refractivity contribution in [2.24, 2.45) is 0 Å². The summed E-state index contributed by atoms with van der Waals surface area (Å²) >= 11 is 3.38. The van der Waals surface area contributed by atoms with E-state index >= 15 is 0 Å². The molecular formula is C9H7BrN2O. The van der Waals surface area contributed by atoms with E-state index in [0.717, 1.165) is 27.2 Å². The molecule has 0 saturated heterocycles. The Kier molecular flexibility index (Phi) is 1.92. The molecule has 2 aromatic rings. The predicted molar refractivity (Wildman–Crippen MR) is 53.9 cm³/mol. The van der Waals surface area contributed by atoms with Crippen LogP contribution in [-0.2, 0) is 0 Å². The van der Waals surface area contributed by atoms with Crippen LogP contribution in [0.5, 0.6) is 0 Å². The Morgan fingerprint density at radius 1 is 1.54 bits per heavy atom. The largest absolute Gasteiger partial charge is 0.296 e. The fourth-order valence-corrected chi connectivity index (χ4v) is 1.86. The number of fused-ring (bicyclic) bond motifs is 1. The van der Waals surface area contributed by atoms with Gasteiger partial charge in [0.1, 0.15) is 5.69 Å². The number of nitrogens with one attached hydrogen (secondary N) is 1. The highest BCUT2D eigenvalue weighted by Crippen LogP contribution is 2.26. The molecular weight excluding hydrogens is 232 g/mol. The van der Waals surface area contributed by atoms with E-state index in [-0.39, 0.29) is 0 Å². The summed E-state index contributed by atoms with van der Waals surface area (Å²) < 4.78 is 0.893. The monoisotopic (exact) mass is 238 g/mol. The summed E-state index contributed by atoms with van der Waals surface area (Å²) in [6, 6.07) is 3.88. The zero-order valence-corrected chi connectivity index (χ0v) is 8.55. The maximum atomic E-state index is 10.7. The van der Waals surface area contributed by atoms with Crippen molar-refractivity contribution in [1.29, 1.82) is 0 Å². The summed E-state index contributed by atoms with van der Waals surface area (Å²) in [5, 5.41) is 7.62. The molecule has 4 heteroatoms. The second kappa shape index (κ2) is 2.96. The molecule has 3 nitrogen and oxygen atoms in total. The Hall–Kier alpha value is -1.16. The topological polar surface area (TPSA) is 45.8 Å². The Morgan fingerprint density at radius 3 is 3.00 bits per heavy atom. The molecule has 0 atom stereocenters. The van der Waals surface area contributed by atoms with Crippen LogP contribution in [0.3, 0.4) is 0 Å². The van der Waals surface area contributed by atoms with Crippen molar-refractivity contribution < 1.29 is 4.79 Å². The number of hydrogen-bond donors (Lipinski definition) is 1. The maximum Gasteiger partial charge on any atom is 0.168 e. The number of halogens is 1. The van der Waals surface area contributed by atoms with Gasteiger partial charge >= 0.3 is 0 Å². The van der Waals surface area contributed by atoms with E-state index in [0.29, 0.717) is 5.69 Å². The number of aldehydes is 1. The predicted octanol–water partition coefficient (Wildman–Crippen LogP) is 2.45. The number of benzene rings is 1. The maximum absolute atomic E-state index is 10.7. The fraction of sp³-hybridized carbons (Fsp3) is 0.111. The second-order valence-electron chi connectivity index (χ2n) is 2.84. The van der Waals surface area contributed by atoms with Crippen molar-refractivity contribution in [3.8, 4) is 0 Å². The normalized spacial score (nSPS) is 10.6. The molecule has 0 saturated carbocycles. The molecule has 1 heterocycles. The lowest BCUT2D eigenvalue weighted by Gasteiger charge is -1.96. The molecule has 66 valence electrons. The number of aromatic nitrogens is 2. The second-order valence-corrected chi connectivity index (χ2v) is 3.70. The molecule has 0 amide bonds. The van der Waals surface area contributed by atoms with E-state index in [1.165, 1.54) is 0 Å². The first kappa shape index (κ1) is 8.44. The van der Waals surface area contributed by atoms with Crippen LogP contribution >= 0.6 is 15.9 Å². The molecule has 0 bridgehead atoms. The molecule has 13 heavy (non-hydrogen) atoms. The third-order valence-electron chi connectivity index (χ3n) is 2.00. The lowest BCUT2D eigenvalue weighted by atomic mass is 10.1. The van der Waals surface area contributed by atoms with Crippen LogP contribution in [0.1, 0.15) is 16.1 Å². The Bertz CT molecular complexity index is 476.